The number of nitrogen functional groups attached to an aromatic ring is 1. The van der Waals surface area contributed by atoms with Crippen molar-refractivity contribution in [1.82, 2.24) is 9.97 Å². The van der Waals surface area contributed by atoms with Crippen molar-refractivity contribution in [2.45, 2.75) is 11.8 Å². The van der Waals surface area contributed by atoms with Crippen molar-refractivity contribution in [1.29, 1.82) is 0 Å². The van der Waals surface area contributed by atoms with Crippen molar-refractivity contribution >= 4 is 18.4 Å². The van der Waals surface area contributed by atoms with E-state index in [1.807, 2.05) is 49.4 Å². The molecule has 2 heterocycles. The van der Waals surface area contributed by atoms with Crippen LogP contribution in [0.3, 0.4) is 0 Å². The Bertz CT molecular complexity index is 847. The lowest BCUT2D eigenvalue weighted by Crippen LogP contribution is -1.98. The molecule has 0 saturated heterocycles. The lowest BCUT2D eigenvalue weighted by atomic mass is 10.0. The van der Waals surface area contributed by atoms with Crippen LogP contribution in [0, 0.1) is 6.92 Å². The maximum atomic E-state index is 6.08. The fourth-order valence-corrected chi connectivity index (χ4v) is 2.59. The van der Waals surface area contributed by atoms with Crippen LogP contribution in [0.1, 0.15) is 5.69 Å². The van der Waals surface area contributed by atoms with Crippen LogP contribution in [0.4, 0.5) is 5.82 Å². The van der Waals surface area contributed by atoms with Gasteiger partial charge in [0.15, 0.2) is 0 Å². The summed E-state index contributed by atoms with van der Waals surface area (Å²) < 4.78 is 5.16. The molecule has 0 bridgehead atoms. The van der Waals surface area contributed by atoms with Crippen molar-refractivity contribution in [2.24, 2.45) is 0 Å². The van der Waals surface area contributed by atoms with Crippen LogP contribution < -0.4 is 10.5 Å². The van der Waals surface area contributed by atoms with Gasteiger partial charge in [0, 0.05) is 39.5 Å². The largest absolute Gasteiger partial charge is 0.481 e. The number of rotatable bonds is 3. The number of aromatic nitrogens is 2. The molecule has 0 aliphatic carbocycles. The van der Waals surface area contributed by atoms with Gasteiger partial charge in [0.2, 0.25) is 5.88 Å². The van der Waals surface area contributed by atoms with Crippen LogP contribution >= 0.6 is 12.6 Å². The number of benzene rings is 1. The first-order valence-corrected chi connectivity index (χ1v) is 7.60. The zero-order chi connectivity index (χ0) is 16.4. The van der Waals surface area contributed by atoms with E-state index in [1.54, 1.807) is 13.3 Å². The van der Waals surface area contributed by atoms with Gasteiger partial charge < -0.3 is 10.5 Å². The highest BCUT2D eigenvalue weighted by atomic mass is 32.1. The maximum absolute atomic E-state index is 6.08. The van der Waals surface area contributed by atoms with Crippen LogP contribution in [0.25, 0.3) is 22.3 Å². The molecule has 0 aliphatic rings. The Morgan fingerprint density at radius 2 is 1.74 bits per heavy atom. The summed E-state index contributed by atoms with van der Waals surface area (Å²) in [6.07, 6.45) is 1.78. The molecule has 4 nitrogen and oxygen atoms in total. The highest BCUT2D eigenvalue weighted by molar-refractivity contribution is 7.80. The zero-order valence-electron chi connectivity index (χ0n) is 12.9. The average molecular weight is 323 g/mol. The van der Waals surface area contributed by atoms with Gasteiger partial charge in [-0.15, -0.1) is 12.6 Å². The van der Waals surface area contributed by atoms with Crippen molar-refractivity contribution < 1.29 is 4.74 Å². The molecule has 2 aromatic heterocycles. The van der Waals surface area contributed by atoms with E-state index in [0.29, 0.717) is 11.7 Å². The van der Waals surface area contributed by atoms with Gasteiger partial charge >= 0.3 is 0 Å². The number of anilines is 1. The van der Waals surface area contributed by atoms with E-state index in [4.69, 9.17) is 10.5 Å². The molecule has 2 N–H and O–H groups in total. The topological polar surface area (TPSA) is 61.0 Å². The van der Waals surface area contributed by atoms with Crippen LogP contribution in [0.5, 0.6) is 5.88 Å². The normalized spacial score (nSPS) is 10.6. The van der Waals surface area contributed by atoms with Crippen molar-refractivity contribution in [3.05, 3.63) is 54.4 Å². The fraction of sp³-hybridized carbons (Fsp3) is 0.111. The van der Waals surface area contributed by atoms with Crippen LogP contribution in [-0.4, -0.2) is 17.1 Å². The Kier molecular flexibility index (Phi) is 4.21. The number of thiol groups is 1. The van der Waals surface area contributed by atoms with Gasteiger partial charge in [0.05, 0.1) is 7.11 Å². The van der Waals surface area contributed by atoms with Crippen molar-refractivity contribution in [2.75, 3.05) is 12.8 Å². The number of nitrogens with zero attached hydrogens (tertiary/aromatic N) is 2. The molecule has 1 aromatic carbocycles. The predicted octanol–water partition coefficient (Wildman–Crippen LogP) is 4.00. The van der Waals surface area contributed by atoms with E-state index in [9.17, 15) is 0 Å². The van der Waals surface area contributed by atoms with E-state index in [2.05, 4.69) is 22.6 Å². The quantitative estimate of drug-likeness (QED) is 0.715. The van der Waals surface area contributed by atoms with Crippen molar-refractivity contribution in [3.63, 3.8) is 0 Å². The molecular weight excluding hydrogens is 306 g/mol. The summed E-state index contributed by atoms with van der Waals surface area (Å²) in [5, 5.41) is 0. The molecule has 3 aromatic rings. The molecule has 5 heteroatoms. The first kappa shape index (κ1) is 15.4. The second-order valence-corrected chi connectivity index (χ2v) is 5.71. The zero-order valence-corrected chi connectivity index (χ0v) is 13.8. The van der Waals surface area contributed by atoms with Crippen LogP contribution in [0.15, 0.2) is 53.6 Å². The fourth-order valence-electron chi connectivity index (χ4n) is 2.44. The molecule has 0 radical (unpaired) electrons. The number of hydrogen-bond acceptors (Lipinski definition) is 5. The Labute approximate surface area is 140 Å². The molecule has 116 valence electrons. The SMILES string of the molecule is COc1ccc(-c2cc(-c3ccc(S)cc3)cnc2N)c(C)n1. The Morgan fingerprint density at radius 3 is 2.39 bits per heavy atom. The summed E-state index contributed by atoms with van der Waals surface area (Å²) in [5.41, 5.74) is 10.8. The van der Waals surface area contributed by atoms with Crippen molar-refractivity contribution in [3.8, 4) is 28.1 Å². The Hall–Kier alpha value is -2.53. The number of aryl methyl sites for hydroxylation is 1. The van der Waals surface area contributed by atoms with E-state index in [-0.39, 0.29) is 0 Å². The second-order valence-electron chi connectivity index (χ2n) is 5.19. The molecule has 0 spiro atoms. The molecule has 0 aliphatic heterocycles. The molecule has 0 atom stereocenters. The molecule has 0 unspecified atom stereocenters. The van der Waals surface area contributed by atoms with E-state index < -0.39 is 0 Å². The molecular formula is C18H17N3OS. The molecule has 3 rings (SSSR count). The minimum absolute atomic E-state index is 0.481. The first-order chi connectivity index (χ1) is 11.1. The van der Waals surface area contributed by atoms with Gasteiger partial charge in [-0.1, -0.05) is 12.1 Å². The summed E-state index contributed by atoms with van der Waals surface area (Å²) >= 11 is 4.31. The maximum Gasteiger partial charge on any atom is 0.213 e. The number of methoxy groups -OCH3 is 1. The summed E-state index contributed by atoms with van der Waals surface area (Å²) in [4.78, 5) is 9.67. The van der Waals surface area contributed by atoms with Gasteiger partial charge in [-0.2, -0.15) is 0 Å². The number of pyridine rings is 2. The smallest absolute Gasteiger partial charge is 0.213 e. The Morgan fingerprint density at radius 1 is 1.00 bits per heavy atom. The number of nitrogens with two attached hydrogens (primary N) is 1. The lowest BCUT2D eigenvalue weighted by Gasteiger charge is -2.11. The van der Waals surface area contributed by atoms with E-state index >= 15 is 0 Å². The Balaban J connectivity index is 2.09. The number of hydrogen-bond donors (Lipinski definition) is 2. The summed E-state index contributed by atoms with van der Waals surface area (Å²) in [6, 6.07) is 13.7. The molecule has 0 amide bonds. The molecule has 0 saturated carbocycles. The molecule has 23 heavy (non-hydrogen) atoms. The monoisotopic (exact) mass is 323 g/mol. The standard InChI is InChI=1S/C18H17N3OS/c1-11-15(7-8-17(21-11)22-2)16-9-13(10-20-18(16)19)12-3-5-14(23)6-4-12/h3-10,23H,1-2H3,(H2,19,20). The third-order valence-electron chi connectivity index (χ3n) is 3.68. The second kappa shape index (κ2) is 6.30. The number of ether oxygens (including phenoxy) is 1. The third kappa shape index (κ3) is 3.14. The summed E-state index contributed by atoms with van der Waals surface area (Å²) in [7, 11) is 1.60. The summed E-state index contributed by atoms with van der Waals surface area (Å²) in [5.74, 6) is 1.06. The van der Waals surface area contributed by atoms with E-state index in [1.165, 1.54) is 0 Å². The lowest BCUT2D eigenvalue weighted by molar-refractivity contribution is 0.397. The summed E-state index contributed by atoms with van der Waals surface area (Å²) in [6.45, 7) is 1.93. The minimum Gasteiger partial charge on any atom is -0.481 e. The average Bonchev–Trinajstić information content (AvgIpc) is 2.56. The van der Waals surface area contributed by atoms with Crippen LogP contribution in [0.2, 0.25) is 0 Å². The predicted molar refractivity (Wildman–Crippen MR) is 95.9 cm³/mol. The van der Waals surface area contributed by atoms with Gasteiger partial charge in [-0.3, -0.25) is 0 Å². The van der Waals surface area contributed by atoms with Gasteiger partial charge in [-0.25, -0.2) is 9.97 Å². The third-order valence-corrected chi connectivity index (χ3v) is 3.98. The van der Waals surface area contributed by atoms with Gasteiger partial charge in [0.25, 0.3) is 0 Å². The highest BCUT2D eigenvalue weighted by Gasteiger charge is 2.11. The first-order valence-electron chi connectivity index (χ1n) is 7.15. The van der Waals surface area contributed by atoms with E-state index in [0.717, 1.165) is 32.8 Å². The minimum atomic E-state index is 0.481. The van der Waals surface area contributed by atoms with Crippen LogP contribution in [-0.2, 0) is 0 Å². The van der Waals surface area contributed by atoms with Gasteiger partial charge in [0.1, 0.15) is 5.82 Å². The van der Waals surface area contributed by atoms with Gasteiger partial charge in [-0.05, 0) is 36.8 Å². The molecule has 0 fully saturated rings. The highest BCUT2D eigenvalue weighted by Crippen LogP contribution is 2.32.